The average Bonchev–Trinajstić information content (AvgIpc) is 3.04. The first-order valence-electron chi connectivity index (χ1n) is 7.14. The SMILES string of the molecule is NCC(c1ccsc1)N1CCN(c2ccccc2)CC1. The van der Waals surface area contributed by atoms with E-state index in [4.69, 9.17) is 5.73 Å². The smallest absolute Gasteiger partial charge is 0.0480 e. The fourth-order valence-corrected chi connectivity index (χ4v) is 3.60. The van der Waals surface area contributed by atoms with Crippen molar-refractivity contribution in [2.24, 2.45) is 5.73 Å². The van der Waals surface area contributed by atoms with Crippen molar-refractivity contribution in [1.82, 2.24) is 4.90 Å². The van der Waals surface area contributed by atoms with Crippen molar-refractivity contribution in [1.29, 1.82) is 0 Å². The molecule has 1 saturated heterocycles. The minimum absolute atomic E-state index is 0.374. The summed E-state index contributed by atoms with van der Waals surface area (Å²) in [6.07, 6.45) is 0. The van der Waals surface area contributed by atoms with Gasteiger partial charge in [-0.2, -0.15) is 11.3 Å². The van der Waals surface area contributed by atoms with Crippen LogP contribution in [0.5, 0.6) is 0 Å². The fraction of sp³-hybridized carbons (Fsp3) is 0.375. The maximum atomic E-state index is 5.99. The Labute approximate surface area is 124 Å². The minimum atomic E-state index is 0.374. The Kier molecular flexibility index (Phi) is 4.35. The van der Waals surface area contributed by atoms with Crippen molar-refractivity contribution in [3.63, 3.8) is 0 Å². The number of thiophene rings is 1. The predicted octanol–water partition coefficient (Wildman–Crippen LogP) is 2.57. The molecular formula is C16H21N3S. The molecule has 2 aromatic rings. The highest BCUT2D eigenvalue weighted by Gasteiger charge is 2.24. The molecule has 20 heavy (non-hydrogen) atoms. The molecule has 1 fully saturated rings. The van der Waals surface area contributed by atoms with Gasteiger partial charge in [0, 0.05) is 44.5 Å². The predicted molar refractivity (Wildman–Crippen MR) is 86.3 cm³/mol. The van der Waals surface area contributed by atoms with Crippen LogP contribution in [0.1, 0.15) is 11.6 Å². The second kappa shape index (κ2) is 6.39. The van der Waals surface area contributed by atoms with E-state index in [9.17, 15) is 0 Å². The van der Waals surface area contributed by atoms with Crippen molar-refractivity contribution < 1.29 is 0 Å². The van der Waals surface area contributed by atoms with Crippen LogP contribution < -0.4 is 10.6 Å². The van der Waals surface area contributed by atoms with Crippen molar-refractivity contribution >= 4 is 17.0 Å². The zero-order chi connectivity index (χ0) is 13.8. The number of hydrogen-bond donors (Lipinski definition) is 1. The van der Waals surface area contributed by atoms with Crippen molar-refractivity contribution in [3.8, 4) is 0 Å². The second-order valence-electron chi connectivity index (χ2n) is 5.17. The summed E-state index contributed by atoms with van der Waals surface area (Å²) in [6.45, 7) is 5.00. The minimum Gasteiger partial charge on any atom is -0.369 e. The van der Waals surface area contributed by atoms with Crippen molar-refractivity contribution in [3.05, 3.63) is 52.7 Å². The number of piperazine rings is 1. The van der Waals surface area contributed by atoms with E-state index in [-0.39, 0.29) is 0 Å². The molecule has 0 amide bonds. The normalized spacial score (nSPS) is 18.1. The first-order valence-corrected chi connectivity index (χ1v) is 8.09. The molecule has 2 N–H and O–H groups in total. The third-order valence-corrected chi connectivity index (χ3v) is 4.73. The van der Waals surface area contributed by atoms with Crippen LogP contribution in [-0.2, 0) is 0 Å². The summed E-state index contributed by atoms with van der Waals surface area (Å²) < 4.78 is 0. The lowest BCUT2D eigenvalue weighted by Crippen LogP contribution is -2.49. The molecule has 1 aromatic carbocycles. The van der Waals surface area contributed by atoms with Gasteiger partial charge in [-0.1, -0.05) is 18.2 Å². The van der Waals surface area contributed by atoms with Crippen LogP contribution >= 0.6 is 11.3 Å². The number of anilines is 1. The van der Waals surface area contributed by atoms with Crippen LogP contribution in [0.2, 0.25) is 0 Å². The molecule has 0 aliphatic carbocycles. The van der Waals surface area contributed by atoms with Crippen LogP contribution in [0.3, 0.4) is 0 Å². The highest BCUT2D eigenvalue weighted by atomic mass is 32.1. The van der Waals surface area contributed by atoms with E-state index in [1.165, 1.54) is 11.3 Å². The molecule has 0 spiro atoms. The number of hydrogen-bond acceptors (Lipinski definition) is 4. The monoisotopic (exact) mass is 287 g/mol. The van der Waals surface area contributed by atoms with E-state index in [1.807, 2.05) is 0 Å². The zero-order valence-electron chi connectivity index (χ0n) is 11.6. The lowest BCUT2D eigenvalue weighted by molar-refractivity contribution is 0.190. The molecule has 0 saturated carbocycles. The first-order chi connectivity index (χ1) is 9.88. The fourth-order valence-electron chi connectivity index (χ4n) is 2.89. The van der Waals surface area contributed by atoms with Gasteiger partial charge in [0.05, 0.1) is 0 Å². The molecule has 1 unspecified atom stereocenters. The van der Waals surface area contributed by atoms with Gasteiger partial charge >= 0.3 is 0 Å². The van der Waals surface area contributed by atoms with Crippen molar-refractivity contribution in [2.75, 3.05) is 37.6 Å². The van der Waals surface area contributed by atoms with E-state index >= 15 is 0 Å². The van der Waals surface area contributed by atoms with Crippen molar-refractivity contribution in [2.45, 2.75) is 6.04 Å². The van der Waals surface area contributed by atoms with Gasteiger partial charge in [-0.25, -0.2) is 0 Å². The van der Waals surface area contributed by atoms with Gasteiger partial charge in [-0.15, -0.1) is 0 Å². The highest BCUT2D eigenvalue weighted by molar-refractivity contribution is 7.07. The third kappa shape index (κ3) is 2.87. The number of nitrogens with zero attached hydrogens (tertiary/aromatic N) is 2. The summed E-state index contributed by atoms with van der Waals surface area (Å²) in [5.41, 5.74) is 8.68. The van der Waals surface area contributed by atoms with Gasteiger partial charge in [0.15, 0.2) is 0 Å². The molecule has 3 rings (SSSR count). The molecule has 2 heterocycles. The van der Waals surface area contributed by atoms with Gasteiger partial charge in [0.1, 0.15) is 0 Å². The maximum Gasteiger partial charge on any atom is 0.0480 e. The molecule has 1 aliphatic rings. The Hall–Kier alpha value is -1.36. The molecule has 1 aliphatic heterocycles. The molecule has 4 heteroatoms. The molecule has 1 aromatic heterocycles. The summed E-state index contributed by atoms with van der Waals surface area (Å²) in [4.78, 5) is 4.97. The topological polar surface area (TPSA) is 32.5 Å². The van der Waals surface area contributed by atoms with Gasteiger partial charge in [0.25, 0.3) is 0 Å². The standard InChI is InChI=1S/C16H21N3S/c17-12-16(14-6-11-20-13-14)19-9-7-18(8-10-19)15-4-2-1-3-5-15/h1-6,11,13,16H,7-10,12,17H2. The summed E-state index contributed by atoms with van der Waals surface area (Å²) >= 11 is 1.75. The quantitative estimate of drug-likeness (QED) is 0.938. The summed E-state index contributed by atoms with van der Waals surface area (Å²) in [5.74, 6) is 0. The molecule has 0 radical (unpaired) electrons. The van der Waals surface area contributed by atoms with Crippen LogP contribution in [0.15, 0.2) is 47.2 Å². The van der Waals surface area contributed by atoms with E-state index in [2.05, 4.69) is 57.0 Å². The van der Waals surface area contributed by atoms with Crippen LogP contribution in [0.4, 0.5) is 5.69 Å². The lowest BCUT2D eigenvalue weighted by atomic mass is 10.1. The highest BCUT2D eigenvalue weighted by Crippen LogP contribution is 2.24. The number of benzene rings is 1. The summed E-state index contributed by atoms with van der Waals surface area (Å²) in [7, 11) is 0. The maximum absolute atomic E-state index is 5.99. The van der Waals surface area contributed by atoms with E-state index in [0.717, 1.165) is 26.2 Å². The van der Waals surface area contributed by atoms with E-state index in [0.29, 0.717) is 12.6 Å². The van der Waals surface area contributed by atoms with E-state index in [1.54, 1.807) is 11.3 Å². The first kappa shape index (κ1) is 13.6. The lowest BCUT2D eigenvalue weighted by Gasteiger charge is -2.39. The molecule has 106 valence electrons. The Balaban J connectivity index is 1.63. The van der Waals surface area contributed by atoms with Gasteiger partial charge in [-0.05, 0) is 34.5 Å². The number of para-hydroxylation sites is 1. The molecule has 1 atom stereocenters. The summed E-state index contributed by atoms with van der Waals surface area (Å²) in [5, 5.41) is 4.36. The zero-order valence-corrected chi connectivity index (χ0v) is 12.4. The van der Waals surface area contributed by atoms with E-state index < -0.39 is 0 Å². The van der Waals surface area contributed by atoms with Crippen LogP contribution in [0.25, 0.3) is 0 Å². The average molecular weight is 287 g/mol. The third-order valence-electron chi connectivity index (χ3n) is 4.03. The Morgan fingerprint density at radius 2 is 1.80 bits per heavy atom. The van der Waals surface area contributed by atoms with Gasteiger partial charge in [-0.3, -0.25) is 4.90 Å². The van der Waals surface area contributed by atoms with Gasteiger partial charge < -0.3 is 10.6 Å². The largest absolute Gasteiger partial charge is 0.369 e. The Morgan fingerprint density at radius 3 is 2.40 bits per heavy atom. The second-order valence-corrected chi connectivity index (χ2v) is 5.95. The Bertz CT molecular complexity index is 504. The molecular weight excluding hydrogens is 266 g/mol. The molecule has 3 nitrogen and oxygen atoms in total. The van der Waals surface area contributed by atoms with Crippen LogP contribution in [-0.4, -0.2) is 37.6 Å². The van der Waals surface area contributed by atoms with Gasteiger partial charge in [0.2, 0.25) is 0 Å². The number of rotatable bonds is 4. The summed E-state index contributed by atoms with van der Waals surface area (Å²) in [6, 6.07) is 13.2. The van der Waals surface area contributed by atoms with Crippen LogP contribution in [0, 0.1) is 0 Å². The Morgan fingerprint density at radius 1 is 1.05 bits per heavy atom. The molecule has 0 bridgehead atoms. The number of nitrogens with two attached hydrogens (primary N) is 1.